The van der Waals surface area contributed by atoms with Crippen LogP contribution in [0.1, 0.15) is 24.2 Å². The fraction of sp³-hybridized carbons (Fsp3) is 0.438. The summed E-state index contributed by atoms with van der Waals surface area (Å²) in [5.41, 5.74) is 0.104. The molecular weight excluding hydrogens is 362 g/mol. The van der Waals surface area contributed by atoms with Crippen molar-refractivity contribution in [3.63, 3.8) is 0 Å². The van der Waals surface area contributed by atoms with E-state index in [1.54, 1.807) is 6.92 Å². The lowest BCUT2D eigenvalue weighted by Gasteiger charge is -2.13. The predicted molar refractivity (Wildman–Crippen MR) is 93.9 cm³/mol. The molecule has 0 saturated heterocycles. The zero-order valence-electron chi connectivity index (χ0n) is 15.1. The molecule has 1 aromatic carbocycles. The Balaban J connectivity index is 2.61. The minimum Gasteiger partial charge on any atom is -0.452 e. The molecule has 2 amide bonds. The second-order valence-electron chi connectivity index (χ2n) is 5.57. The van der Waals surface area contributed by atoms with Gasteiger partial charge in [-0.1, -0.05) is 0 Å². The van der Waals surface area contributed by atoms with Crippen molar-refractivity contribution in [1.82, 2.24) is 14.9 Å². The van der Waals surface area contributed by atoms with E-state index >= 15 is 0 Å². The molecule has 10 heteroatoms. The highest BCUT2D eigenvalue weighted by Crippen LogP contribution is 2.14. The van der Waals surface area contributed by atoms with E-state index in [2.05, 4.69) is 10.6 Å². The molecule has 0 aromatic heterocycles. The van der Waals surface area contributed by atoms with Gasteiger partial charge in [-0.05, 0) is 38.1 Å². The number of ether oxygens (including phenoxy) is 1. The van der Waals surface area contributed by atoms with Gasteiger partial charge in [0.1, 0.15) is 6.04 Å². The first-order valence-corrected chi connectivity index (χ1v) is 9.30. The normalized spacial score (nSPS) is 12.3. The molecule has 144 valence electrons. The van der Waals surface area contributed by atoms with Crippen molar-refractivity contribution in [2.45, 2.75) is 24.8 Å². The quantitative estimate of drug-likeness (QED) is 0.594. The maximum Gasteiger partial charge on any atom is 0.338 e. The van der Waals surface area contributed by atoms with Crippen molar-refractivity contribution >= 4 is 27.8 Å². The number of nitrogens with one attached hydrogen (secondary N) is 2. The predicted octanol–water partition coefficient (Wildman–Crippen LogP) is -0.265. The highest BCUT2D eigenvalue weighted by molar-refractivity contribution is 7.89. The van der Waals surface area contributed by atoms with Crippen molar-refractivity contribution < 1.29 is 27.5 Å². The van der Waals surface area contributed by atoms with Gasteiger partial charge in [-0.2, -0.15) is 0 Å². The third-order valence-corrected chi connectivity index (χ3v) is 5.15. The second-order valence-corrected chi connectivity index (χ2v) is 7.72. The summed E-state index contributed by atoms with van der Waals surface area (Å²) in [4.78, 5) is 35.2. The monoisotopic (exact) mass is 385 g/mol. The molecule has 0 aliphatic rings. The summed E-state index contributed by atoms with van der Waals surface area (Å²) in [5.74, 6) is -1.74. The van der Waals surface area contributed by atoms with Crippen LogP contribution in [0.2, 0.25) is 0 Å². The molecule has 0 aliphatic carbocycles. The van der Waals surface area contributed by atoms with Crippen LogP contribution in [0.25, 0.3) is 0 Å². The lowest BCUT2D eigenvalue weighted by Crippen LogP contribution is -2.46. The lowest BCUT2D eigenvalue weighted by atomic mass is 10.2. The first kappa shape index (κ1) is 21.6. The van der Waals surface area contributed by atoms with Crippen LogP contribution in [-0.2, 0) is 24.3 Å². The van der Waals surface area contributed by atoms with Crippen molar-refractivity contribution in [1.29, 1.82) is 0 Å². The summed E-state index contributed by atoms with van der Waals surface area (Å²) in [5, 5.41) is 4.95. The maximum atomic E-state index is 12.0. The van der Waals surface area contributed by atoms with Crippen molar-refractivity contribution in [3.8, 4) is 0 Å². The molecule has 0 fully saturated rings. The zero-order valence-corrected chi connectivity index (χ0v) is 15.9. The molecule has 1 rings (SSSR count). The van der Waals surface area contributed by atoms with E-state index in [0.717, 1.165) is 4.31 Å². The van der Waals surface area contributed by atoms with Gasteiger partial charge in [-0.25, -0.2) is 17.5 Å². The van der Waals surface area contributed by atoms with Gasteiger partial charge >= 0.3 is 5.97 Å². The number of nitrogens with zero attached hydrogens (tertiary/aromatic N) is 1. The molecule has 0 spiro atoms. The molecule has 0 saturated carbocycles. The van der Waals surface area contributed by atoms with E-state index in [-0.39, 0.29) is 16.4 Å². The fourth-order valence-corrected chi connectivity index (χ4v) is 2.77. The van der Waals surface area contributed by atoms with Crippen LogP contribution < -0.4 is 10.6 Å². The summed E-state index contributed by atoms with van der Waals surface area (Å²) < 4.78 is 29.8. The number of likely N-dealkylation sites (N-methyl/N-ethyl adjacent to an activating group) is 1. The molecule has 9 nitrogen and oxygen atoms in total. The fourth-order valence-electron chi connectivity index (χ4n) is 1.86. The number of carbonyl (C=O) groups excluding carboxylic acids is 3. The highest BCUT2D eigenvalue weighted by Gasteiger charge is 2.19. The third kappa shape index (κ3) is 5.81. The van der Waals surface area contributed by atoms with Crippen LogP contribution in [-0.4, -0.2) is 63.8 Å². The van der Waals surface area contributed by atoms with Gasteiger partial charge in [-0.3, -0.25) is 9.59 Å². The van der Waals surface area contributed by atoms with Crippen molar-refractivity contribution in [2.24, 2.45) is 0 Å². The Morgan fingerprint density at radius 3 is 2.23 bits per heavy atom. The molecule has 0 unspecified atom stereocenters. The molecule has 1 atom stereocenters. The van der Waals surface area contributed by atoms with E-state index < -0.39 is 34.5 Å². The largest absolute Gasteiger partial charge is 0.452 e. The Kier molecular flexibility index (Phi) is 7.72. The van der Waals surface area contributed by atoms with Crippen molar-refractivity contribution in [3.05, 3.63) is 29.8 Å². The molecule has 0 bridgehead atoms. The van der Waals surface area contributed by atoms with Crippen LogP contribution in [0.3, 0.4) is 0 Å². The van der Waals surface area contributed by atoms with Crippen LogP contribution in [0.5, 0.6) is 0 Å². The van der Waals surface area contributed by atoms with Gasteiger partial charge in [0, 0.05) is 20.6 Å². The summed E-state index contributed by atoms with van der Waals surface area (Å²) >= 11 is 0. The third-order valence-electron chi connectivity index (χ3n) is 3.32. The minimum absolute atomic E-state index is 0.0348. The minimum atomic E-state index is -3.59. The summed E-state index contributed by atoms with van der Waals surface area (Å²) in [6.45, 7) is 3.14. The first-order chi connectivity index (χ1) is 12.1. The number of esters is 1. The number of rotatable bonds is 8. The molecule has 1 aromatic rings. The second kappa shape index (κ2) is 9.30. The van der Waals surface area contributed by atoms with Gasteiger partial charge < -0.3 is 15.4 Å². The van der Waals surface area contributed by atoms with Crippen LogP contribution in [0.4, 0.5) is 0 Å². The smallest absolute Gasteiger partial charge is 0.338 e. The Morgan fingerprint density at radius 1 is 1.15 bits per heavy atom. The number of amides is 2. The SMILES string of the molecule is CCNC(=O)[C@H](C)NC(=O)COC(=O)c1ccc(S(=O)(=O)N(C)C)cc1. The van der Waals surface area contributed by atoms with Gasteiger partial charge in [0.25, 0.3) is 5.91 Å². The van der Waals surface area contributed by atoms with E-state index in [9.17, 15) is 22.8 Å². The number of hydrogen-bond acceptors (Lipinski definition) is 6. The Bertz CT molecular complexity index is 759. The lowest BCUT2D eigenvalue weighted by molar-refractivity contribution is -0.130. The van der Waals surface area contributed by atoms with Crippen molar-refractivity contribution in [2.75, 3.05) is 27.2 Å². The number of hydrogen-bond donors (Lipinski definition) is 2. The molecule has 0 radical (unpaired) electrons. The number of benzene rings is 1. The van der Waals surface area contributed by atoms with E-state index in [1.165, 1.54) is 45.3 Å². The van der Waals surface area contributed by atoms with Crippen LogP contribution in [0, 0.1) is 0 Å². The van der Waals surface area contributed by atoms with Crippen LogP contribution >= 0.6 is 0 Å². The first-order valence-electron chi connectivity index (χ1n) is 7.86. The zero-order chi connectivity index (χ0) is 19.9. The highest BCUT2D eigenvalue weighted by atomic mass is 32.2. The van der Waals surface area contributed by atoms with Crippen LogP contribution in [0.15, 0.2) is 29.2 Å². The summed E-state index contributed by atoms with van der Waals surface area (Å²) in [6, 6.07) is 4.41. The average molecular weight is 385 g/mol. The van der Waals surface area contributed by atoms with Gasteiger partial charge in [-0.15, -0.1) is 0 Å². The molecule has 0 heterocycles. The number of carbonyl (C=O) groups is 3. The average Bonchev–Trinajstić information content (AvgIpc) is 2.59. The standard InChI is InChI=1S/C16H23N3O6S/c1-5-17-15(21)11(2)18-14(20)10-25-16(22)12-6-8-13(9-7-12)26(23,24)19(3)4/h6-9,11H,5,10H2,1-4H3,(H,17,21)(H,18,20)/t11-/m0/s1. The van der Waals surface area contributed by atoms with Gasteiger partial charge in [0.2, 0.25) is 15.9 Å². The van der Waals surface area contributed by atoms with E-state index in [1.807, 2.05) is 0 Å². The molecule has 0 aliphatic heterocycles. The maximum absolute atomic E-state index is 12.0. The van der Waals surface area contributed by atoms with Gasteiger partial charge in [0.15, 0.2) is 6.61 Å². The topological polar surface area (TPSA) is 122 Å². The number of sulfonamides is 1. The molecular formula is C16H23N3O6S. The molecule has 2 N–H and O–H groups in total. The van der Waals surface area contributed by atoms with E-state index in [4.69, 9.17) is 4.74 Å². The Hall–Kier alpha value is -2.46. The Labute approximate surface area is 152 Å². The molecule has 26 heavy (non-hydrogen) atoms. The van der Waals surface area contributed by atoms with Gasteiger partial charge in [0.05, 0.1) is 10.5 Å². The Morgan fingerprint density at radius 2 is 1.73 bits per heavy atom. The van der Waals surface area contributed by atoms with E-state index in [0.29, 0.717) is 6.54 Å². The summed E-state index contributed by atoms with van der Waals surface area (Å²) in [7, 11) is -0.791. The summed E-state index contributed by atoms with van der Waals surface area (Å²) in [6.07, 6.45) is 0.